The van der Waals surface area contributed by atoms with Crippen LogP contribution in [0.15, 0.2) is 24.3 Å². The van der Waals surface area contributed by atoms with E-state index in [0.717, 1.165) is 32.8 Å². The first-order chi connectivity index (χ1) is 9.20. The largest absolute Gasteiger partial charge is 0.384 e. The zero-order valence-corrected chi connectivity index (χ0v) is 12.4. The summed E-state index contributed by atoms with van der Waals surface area (Å²) < 4.78 is 5.23. The van der Waals surface area contributed by atoms with Gasteiger partial charge in [-0.15, -0.1) is 0 Å². The molecule has 0 aliphatic carbocycles. The Morgan fingerprint density at radius 2 is 2.16 bits per heavy atom. The van der Waals surface area contributed by atoms with Crippen molar-refractivity contribution in [2.75, 3.05) is 45.2 Å². The topological polar surface area (TPSA) is 24.5 Å². The van der Waals surface area contributed by atoms with Crippen molar-refractivity contribution in [1.29, 1.82) is 0 Å². The Morgan fingerprint density at radius 1 is 1.37 bits per heavy atom. The second kappa shape index (κ2) is 6.92. The minimum Gasteiger partial charge on any atom is -0.384 e. The molecule has 0 aromatic heterocycles. The van der Waals surface area contributed by atoms with E-state index in [1.807, 2.05) is 0 Å². The highest BCUT2D eigenvalue weighted by molar-refractivity contribution is 5.57. The first-order valence-corrected chi connectivity index (χ1v) is 7.24. The van der Waals surface area contributed by atoms with E-state index in [9.17, 15) is 0 Å². The highest BCUT2D eigenvalue weighted by Crippen LogP contribution is 2.31. The predicted molar refractivity (Wildman–Crippen MR) is 80.8 cm³/mol. The van der Waals surface area contributed by atoms with E-state index in [0.29, 0.717) is 11.8 Å². The quantitative estimate of drug-likeness (QED) is 0.818. The molecule has 1 aliphatic rings. The van der Waals surface area contributed by atoms with Gasteiger partial charge in [-0.05, 0) is 17.5 Å². The fourth-order valence-electron chi connectivity index (χ4n) is 2.83. The van der Waals surface area contributed by atoms with E-state index >= 15 is 0 Å². The fourth-order valence-corrected chi connectivity index (χ4v) is 2.83. The van der Waals surface area contributed by atoms with Crippen molar-refractivity contribution in [3.05, 3.63) is 29.8 Å². The lowest BCUT2D eigenvalue weighted by molar-refractivity contribution is 0.136. The number of nitrogens with one attached hydrogen (secondary N) is 1. The summed E-state index contributed by atoms with van der Waals surface area (Å²) in [7, 11) is 1.78. The molecule has 0 saturated carbocycles. The molecule has 0 saturated heterocycles. The number of fused-ring (bicyclic) bond motifs is 1. The van der Waals surface area contributed by atoms with Crippen molar-refractivity contribution < 1.29 is 4.74 Å². The maximum absolute atomic E-state index is 5.23. The third kappa shape index (κ3) is 3.95. The number of anilines is 1. The van der Waals surface area contributed by atoms with E-state index in [1.165, 1.54) is 11.3 Å². The Balaban J connectivity index is 1.97. The Hall–Kier alpha value is -1.06. The molecule has 1 unspecified atom stereocenters. The molecule has 1 atom stereocenters. The van der Waals surface area contributed by atoms with Crippen molar-refractivity contribution in [2.45, 2.75) is 19.8 Å². The van der Waals surface area contributed by atoms with Crippen LogP contribution in [0.1, 0.15) is 25.3 Å². The molecule has 0 spiro atoms. The lowest BCUT2D eigenvalue weighted by atomic mass is 10.0. The number of rotatable bonds is 7. The summed E-state index contributed by atoms with van der Waals surface area (Å²) in [6.07, 6.45) is 0. The standard InChI is InChI=1S/C16H26N2O/c1-13(2)11-18(8-9-19-3)12-14-10-17-16-7-5-4-6-15(14)16/h4-7,13-14,17H,8-12H2,1-3H3. The number of methoxy groups -OCH3 is 1. The van der Waals surface area contributed by atoms with Gasteiger partial charge in [-0.3, -0.25) is 0 Å². The van der Waals surface area contributed by atoms with Crippen molar-refractivity contribution in [3.63, 3.8) is 0 Å². The van der Waals surface area contributed by atoms with Gasteiger partial charge >= 0.3 is 0 Å². The van der Waals surface area contributed by atoms with Crippen molar-refractivity contribution in [3.8, 4) is 0 Å². The Morgan fingerprint density at radius 3 is 2.89 bits per heavy atom. The van der Waals surface area contributed by atoms with Gasteiger partial charge in [0.05, 0.1) is 6.61 Å². The molecule has 3 heteroatoms. The van der Waals surface area contributed by atoms with Gasteiger partial charge in [0.15, 0.2) is 0 Å². The van der Waals surface area contributed by atoms with Crippen LogP contribution in [-0.4, -0.2) is 44.8 Å². The number of hydrogen-bond acceptors (Lipinski definition) is 3. The molecular weight excluding hydrogens is 236 g/mol. The molecule has 19 heavy (non-hydrogen) atoms. The Labute approximate surface area is 116 Å². The third-order valence-electron chi connectivity index (χ3n) is 3.65. The third-order valence-corrected chi connectivity index (χ3v) is 3.65. The van der Waals surface area contributed by atoms with Crippen LogP contribution < -0.4 is 5.32 Å². The van der Waals surface area contributed by atoms with Gasteiger partial charge in [-0.1, -0.05) is 32.0 Å². The number of para-hydroxylation sites is 1. The molecule has 2 rings (SSSR count). The Kier molecular flexibility index (Phi) is 5.23. The normalized spacial score (nSPS) is 17.8. The molecule has 3 nitrogen and oxygen atoms in total. The average Bonchev–Trinajstić information content (AvgIpc) is 2.79. The minimum absolute atomic E-state index is 0.604. The zero-order valence-electron chi connectivity index (χ0n) is 12.4. The van der Waals surface area contributed by atoms with Gasteiger partial charge < -0.3 is 15.0 Å². The molecule has 0 radical (unpaired) electrons. The molecule has 0 amide bonds. The van der Waals surface area contributed by atoms with E-state index in [2.05, 4.69) is 48.3 Å². The van der Waals surface area contributed by atoms with Crippen LogP contribution in [-0.2, 0) is 4.74 Å². The van der Waals surface area contributed by atoms with Gasteiger partial charge in [0.1, 0.15) is 0 Å². The summed E-state index contributed by atoms with van der Waals surface area (Å²) >= 11 is 0. The second-order valence-electron chi connectivity index (χ2n) is 5.81. The van der Waals surface area contributed by atoms with Gasteiger partial charge in [-0.25, -0.2) is 0 Å². The van der Waals surface area contributed by atoms with Crippen LogP contribution in [0.2, 0.25) is 0 Å². The highest BCUT2D eigenvalue weighted by Gasteiger charge is 2.23. The van der Waals surface area contributed by atoms with Crippen LogP contribution in [0.3, 0.4) is 0 Å². The number of benzene rings is 1. The average molecular weight is 262 g/mol. The van der Waals surface area contributed by atoms with Crippen LogP contribution in [0.4, 0.5) is 5.69 Å². The van der Waals surface area contributed by atoms with Crippen molar-refractivity contribution >= 4 is 5.69 Å². The predicted octanol–water partition coefficient (Wildman–Crippen LogP) is 2.80. The van der Waals surface area contributed by atoms with Crippen LogP contribution in [0.25, 0.3) is 0 Å². The summed E-state index contributed by atoms with van der Waals surface area (Å²) in [5.74, 6) is 1.30. The van der Waals surface area contributed by atoms with Gasteiger partial charge in [0, 0.05) is 44.9 Å². The van der Waals surface area contributed by atoms with Crippen LogP contribution in [0.5, 0.6) is 0 Å². The molecule has 1 aromatic carbocycles. The van der Waals surface area contributed by atoms with Gasteiger partial charge in [-0.2, -0.15) is 0 Å². The molecule has 1 heterocycles. The molecule has 1 N–H and O–H groups in total. The lowest BCUT2D eigenvalue weighted by Crippen LogP contribution is -2.35. The first-order valence-electron chi connectivity index (χ1n) is 7.24. The summed E-state index contributed by atoms with van der Waals surface area (Å²) in [5.41, 5.74) is 2.78. The summed E-state index contributed by atoms with van der Waals surface area (Å²) in [6, 6.07) is 8.67. The number of ether oxygens (including phenoxy) is 1. The molecule has 1 aromatic rings. The maximum Gasteiger partial charge on any atom is 0.0589 e. The number of nitrogens with zero attached hydrogens (tertiary/aromatic N) is 1. The summed E-state index contributed by atoms with van der Waals surface area (Å²) in [6.45, 7) is 9.71. The summed E-state index contributed by atoms with van der Waals surface area (Å²) in [5, 5.41) is 3.51. The van der Waals surface area contributed by atoms with E-state index in [1.54, 1.807) is 7.11 Å². The smallest absolute Gasteiger partial charge is 0.0589 e. The van der Waals surface area contributed by atoms with Gasteiger partial charge in [0.2, 0.25) is 0 Å². The Bertz CT molecular complexity index is 392. The molecule has 0 fully saturated rings. The molecule has 1 aliphatic heterocycles. The van der Waals surface area contributed by atoms with Crippen molar-refractivity contribution in [2.24, 2.45) is 5.92 Å². The highest BCUT2D eigenvalue weighted by atomic mass is 16.5. The van der Waals surface area contributed by atoms with E-state index in [-0.39, 0.29) is 0 Å². The molecular formula is C16H26N2O. The van der Waals surface area contributed by atoms with E-state index in [4.69, 9.17) is 4.74 Å². The fraction of sp³-hybridized carbons (Fsp3) is 0.625. The monoisotopic (exact) mass is 262 g/mol. The molecule has 0 bridgehead atoms. The van der Waals surface area contributed by atoms with Crippen LogP contribution >= 0.6 is 0 Å². The summed E-state index contributed by atoms with van der Waals surface area (Å²) in [4.78, 5) is 2.53. The second-order valence-corrected chi connectivity index (χ2v) is 5.81. The number of hydrogen-bond donors (Lipinski definition) is 1. The maximum atomic E-state index is 5.23. The lowest BCUT2D eigenvalue weighted by Gasteiger charge is -2.27. The molecule has 106 valence electrons. The zero-order chi connectivity index (χ0) is 13.7. The SMILES string of the molecule is COCCN(CC(C)C)CC1CNc2ccccc21. The van der Waals surface area contributed by atoms with Crippen LogP contribution in [0, 0.1) is 5.92 Å². The van der Waals surface area contributed by atoms with E-state index < -0.39 is 0 Å². The minimum atomic E-state index is 0.604. The van der Waals surface area contributed by atoms with Gasteiger partial charge in [0.25, 0.3) is 0 Å². The van der Waals surface area contributed by atoms with Crippen molar-refractivity contribution in [1.82, 2.24) is 4.90 Å². The first kappa shape index (κ1) is 14.4.